The van der Waals surface area contributed by atoms with Gasteiger partial charge in [0.1, 0.15) is 11.6 Å². The van der Waals surface area contributed by atoms with Crippen molar-refractivity contribution >= 4 is 23.5 Å². The first kappa shape index (κ1) is 30.2. The number of esters is 2. The van der Waals surface area contributed by atoms with Crippen molar-refractivity contribution in [1.82, 2.24) is 19.6 Å². The van der Waals surface area contributed by atoms with E-state index in [0.29, 0.717) is 65.6 Å². The molecule has 0 aromatic heterocycles. The Morgan fingerprint density at radius 2 is 0.824 bits per heavy atom. The average molecular weight is 485 g/mol. The van der Waals surface area contributed by atoms with Crippen molar-refractivity contribution in [2.24, 2.45) is 0 Å². The molecule has 0 aromatic rings. The van der Waals surface area contributed by atoms with E-state index in [1.165, 1.54) is 0 Å². The Labute approximate surface area is 204 Å². The molecular weight excluding hydrogens is 440 g/mol. The molecule has 196 valence electrons. The van der Waals surface area contributed by atoms with Crippen LogP contribution in [0.5, 0.6) is 0 Å². The number of hydrogen-bond donors (Lipinski definition) is 0. The second-order valence-electron chi connectivity index (χ2n) is 8.83. The van der Waals surface area contributed by atoms with Gasteiger partial charge in [0.25, 0.3) is 0 Å². The van der Waals surface area contributed by atoms with E-state index in [1.54, 1.807) is 27.7 Å². The highest BCUT2D eigenvalue weighted by Gasteiger charge is 2.19. The average Bonchev–Trinajstić information content (AvgIpc) is 2.74. The summed E-state index contributed by atoms with van der Waals surface area (Å²) < 4.78 is 10.3. The van der Waals surface area contributed by atoms with Gasteiger partial charge in [-0.15, -0.1) is 0 Å². The molecule has 0 saturated carbocycles. The molecule has 34 heavy (non-hydrogen) atoms. The first-order valence-corrected chi connectivity index (χ1v) is 12.4. The predicted octanol–water partition coefficient (Wildman–Crippen LogP) is 0.292. The molecule has 1 heterocycles. The quantitative estimate of drug-likeness (QED) is 0.402. The third-order valence-electron chi connectivity index (χ3n) is 5.57. The number of ketones is 2. The number of carbonyl (C=O) groups is 4. The number of ether oxygens (including phenoxy) is 2. The highest BCUT2D eigenvalue weighted by molar-refractivity contribution is 5.78. The molecular formula is C24H44N4O6. The monoisotopic (exact) mass is 484 g/mol. The molecule has 10 nitrogen and oxygen atoms in total. The van der Waals surface area contributed by atoms with Crippen LogP contribution in [0.15, 0.2) is 0 Å². The summed E-state index contributed by atoms with van der Waals surface area (Å²) in [6.07, 6.45) is 1.58. The maximum Gasteiger partial charge on any atom is 0.320 e. The van der Waals surface area contributed by atoms with Gasteiger partial charge in [-0.3, -0.25) is 38.8 Å². The largest absolute Gasteiger partial charge is 0.465 e. The summed E-state index contributed by atoms with van der Waals surface area (Å²) in [7, 11) is 0. The van der Waals surface area contributed by atoms with Crippen LogP contribution in [0.1, 0.15) is 40.5 Å². The van der Waals surface area contributed by atoms with Crippen LogP contribution in [-0.4, -0.2) is 135 Å². The summed E-state index contributed by atoms with van der Waals surface area (Å²) in [5, 5.41) is 0. The van der Waals surface area contributed by atoms with Crippen LogP contribution in [0.4, 0.5) is 0 Å². The Morgan fingerprint density at radius 3 is 1.09 bits per heavy atom. The normalized spacial score (nSPS) is 18.7. The molecule has 10 heteroatoms. The van der Waals surface area contributed by atoms with Gasteiger partial charge >= 0.3 is 11.9 Å². The van der Waals surface area contributed by atoms with Gasteiger partial charge in [0.15, 0.2) is 0 Å². The minimum atomic E-state index is -0.259. The second kappa shape index (κ2) is 17.5. The number of nitrogens with zero attached hydrogens (tertiary/aromatic N) is 4. The van der Waals surface area contributed by atoms with Crippen molar-refractivity contribution in [3.8, 4) is 0 Å². The smallest absolute Gasteiger partial charge is 0.320 e. The van der Waals surface area contributed by atoms with E-state index in [2.05, 4.69) is 19.6 Å². The maximum atomic E-state index is 12.1. The van der Waals surface area contributed by atoms with Crippen LogP contribution in [0.2, 0.25) is 0 Å². The highest BCUT2D eigenvalue weighted by atomic mass is 16.5. The Hall–Kier alpha value is -1.88. The summed E-state index contributed by atoms with van der Waals surface area (Å²) >= 11 is 0. The minimum Gasteiger partial charge on any atom is -0.465 e. The number of carbonyl (C=O) groups excluding carboxylic acids is 4. The van der Waals surface area contributed by atoms with Gasteiger partial charge in [0.2, 0.25) is 0 Å². The maximum absolute atomic E-state index is 12.1. The number of hydrogen-bond acceptors (Lipinski definition) is 10. The fourth-order valence-corrected chi connectivity index (χ4v) is 4.09. The standard InChI is InChI=1S/C24H44N4O6/c1-5-33-23(31)19-27-11-8-12-28(20-24(32)34-6-2)16-14-26(18-22(4)30)10-7-9-25(13-15-27)17-21(3)29/h5-20H2,1-4H3. The van der Waals surface area contributed by atoms with Crippen LogP contribution in [0.25, 0.3) is 0 Å². The van der Waals surface area contributed by atoms with Gasteiger partial charge in [-0.1, -0.05) is 0 Å². The lowest BCUT2D eigenvalue weighted by Crippen LogP contribution is -2.44. The van der Waals surface area contributed by atoms with Crippen LogP contribution in [-0.2, 0) is 28.7 Å². The van der Waals surface area contributed by atoms with Gasteiger partial charge in [0.05, 0.1) is 39.4 Å². The Kier molecular flexibility index (Phi) is 15.6. The van der Waals surface area contributed by atoms with Gasteiger partial charge in [-0.2, -0.15) is 0 Å². The third-order valence-corrected chi connectivity index (χ3v) is 5.57. The van der Waals surface area contributed by atoms with Gasteiger partial charge in [0, 0.05) is 39.3 Å². The van der Waals surface area contributed by atoms with E-state index in [0.717, 1.165) is 25.9 Å². The zero-order valence-corrected chi connectivity index (χ0v) is 21.6. The Balaban J connectivity index is 2.93. The van der Waals surface area contributed by atoms with Crippen LogP contribution >= 0.6 is 0 Å². The Morgan fingerprint density at radius 1 is 0.529 bits per heavy atom. The molecule has 1 rings (SSSR count). The van der Waals surface area contributed by atoms with E-state index < -0.39 is 0 Å². The summed E-state index contributed by atoms with van der Waals surface area (Å²) in [6, 6.07) is 0. The second-order valence-corrected chi connectivity index (χ2v) is 8.83. The lowest BCUT2D eigenvalue weighted by Gasteiger charge is -2.31. The van der Waals surface area contributed by atoms with Crippen molar-refractivity contribution in [3.63, 3.8) is 0 Å². The fraction of sp³-hybridized carbons (Fsp3) is 0.833. The molecule has 1 saturated heterocycles. The molecule has 1 aliphatic heterocycles. The molecule has 1 fully saturated rings. The topological polar surface area (TPSA) is 99.7 Å². The zero-order valence-electron chi connectivity index (χ0n) is 21.6. The molecule has 0 radical (unpaired) electrons. The lowest BCUT2D eigenvalue weighted by atomic mass is 10.2. The number of Topliss-reactive ketones (excluding diaryl/α,β-unsaturated/α-hetero) is 2. The molecule has 0 aromatic carbocycles. The van der Waals surface area contributed by atoms with E-state index in [4.69, 9.17) is 9.47 Å². The summed E-state index contributed by atoms with van der Waals surface area (Å²) in [5.41, 5.74) is 0. The first-order chi connectivity index (χ1) is 16.2. The summed E-state index contributed by atoms with van der Waals surface area (Å²) in [4.78, 5) is 56.1. The molecule has 0 aliphatic carbocycles. The molecule has 0 spiro atoms. The van der Waals surface area contributed by atoms with E-state index in [1.807, 2.05) is 0 Å². The zero-order chi connectivity index (χ0) is 25.3. The van der Waals surface area contributed by atoms with Crippen molar-refractivity contribution < 1.29 is 28.7 Å². The molecule has 0 N–H and O–H groups in total. The van der Waals surface area contributed by atoms with E-state index in [9.17, 15) is 19.2 Å². The predicted molar refractivity (Wildman–Crippen MR) is 130 cm³/mol. The SMILES string of the molecule is CCOC(=O)CN1CCCN(CC(=O)OCC)CCN(CC(C)=O)CCCN(CC(C)=O)CC1. The summed E-state index contributed by atoms with van der Waals surface area (Å²) in [6.45, 7) is 14.0. The molecule has 0 unspecified atom stereocenters. The lowest BCUT2D eigenvalue weighted by molar-refractivity contribution is -0.145. The van der Waals surface area contributed by atoms with Crippen molar-refractivity contribution in [2.45, 2.75) is 40.5 Å². The first-order valence-electron chi connectivity index (χ1n) is 12.4. The van der Waals surface area contributed by atoms with E-state index >= 15 is 0 Å². The molecule has 0 atom stereocenters. The highest BCUT2D eigenvalue weighted by Crippen LogP contribution is 2.04. The molecule has 1 aliphatic rings. The minimum absolute atomic E-state index is 0.105. The van der Waals surface area contributed by atoms with Gasteiger partial charge in [-0.25, -0.2) is 0 Å². The molecule has 0 bridgehead atoms. The molecule has 0 amide bonds. The van der Waals surface area contributed by atoms with Crippen molar-refractivity contribution in [1.29, 1.82) is 0 Å². The van der Waals surface area contributed by atoms with Gasteiger partial charge in [-0.05, 0) is 53.6 Å². The van der Waals surface area contributed by atoms with Gasteiger partial charge < -0.3 is 9.47 Å². The fourth-order valence-electron chi connectivity index (χ4n) is 4.09. The van der Waals surface area contributed by atoms with Crippen LogP contribution in [0.3, 0.4) is 0 Å². The van der Waals surface area contributed by atoms with E-state index in [-0.39, 0.29) is 36.6 Å². The Bertz CT molecular complexity index is 593. The van der Waals surface area contributed by atoms with Crippen LogP contribution in [0, 0.1) is 0 Å². The summed E-state index contributed by atoms with van der Waals surface area (Å²) in [5.74, 6) is -0.309. The van der Waals surface area contributed by atoms with Crippen molar-refractivity contribution in [2.75, 3.05) is 91.8 Å². The number of rotatable bonds is 10. The van der Waals surface area contributed by atoms with Crippen LogP contribution < -0.4 is 0 Å². The van der Waals surface area contributed by atoms with Crippen molar-refractivity contribution in [3.05, 3.63) is 0 Å². The third kappa shape index (κ3) is 14.4.